The van der Waals surface area contributed by atoms with Gasteiger partial charge in [-0.25, -0.2) is 19.2 Å². The summed E-state index contributed by atoms with van der Waals surface area (Å²) < 4.78 is 27.7. The molecule has 0 fully saturated rings. The summed E-state index contributed by atoms with van der Waals surface area (Å²) >= 11 is 0. The number of carboxylic acids is 1. The summed E-state index contributed by atoms with van der Waals surface area (Å²) in [7, 11) is 1.42. The van der Waals surface area contributed by atoms with E-state index < -0.39 is 29.6 Å². The van der Waals surface area contributed by atoms with Gasteiger partial charge in [0.25, 0.3) is 11.9 Å². The molecule has 4 aromatic rings. The number of ether oxygens (including phenoxy) is 2. The Hall–Kier alpha value is -5.31. The van der Waals surface area contributed by atoms with Gasteiger partial charge in [-0.1, -0.05) is 0 Å². The van der Waals surface area contributed by atoms with E-state index in [9.17, 15) is 9.90 Å². The van der Waals surface area contributed by atoms with Gasteiger partial charge in [-0.15, -0.1) is 9.78 Å². The first kappa shape index (κ1) is 30.2. The van der Waals surface area contributed by atoms with Gasteiger partial charge in [0.1, 0.15) is 23.7 Å². The van der Waals surface area contributed by atoms with Crippen LogP contribution in [-0.4, -0.2) is 66.6 Å². The normalized spacial score (nSPS) is 11.9. The zero-order chi connectivity index (χ0) is 30.1. The van der Waals surface area contributed by atoms with Gasteiger partial charge in [-0.05, 0) is 43.3 Å². The van der Waals surface area contributed by atoms with Gasteiger partial charge in [0.05, 0.1) is 13.7 Å². The van der Waals surface area contributed by atoms with E-state index in [0.29, 0.717) is 11.3 Å². The molecule has 0 radical (unpaired) electrons. The number of aliphatic hydroxyl groups excluding tert-OH is 1. The van der Waals surface area contributed by atoms with Crippen LogP contribution in [0.25, 0.3) is 5.95 Å². The second kappa shape index (κ2) is 13.7. The first-order valence-corrected chi connectivity index (χ1v) is 12.1. The first-order chi connectivity index (χ1) is 19.5. The van der Waals surface area contributed by atoms with Crippen LogP contribution in [0.1, 0.15) is 36.8 Å². The average Bonchev–Trinajstić information content (AvgIpc) is 3.34. The lowest BCUT2D eigenvalue weighted by Gasteiger charge is -2.22. The number of carbonyl (C=O) groups is 1. The second-order valence-corrected chi connectivity index (χ2v) is 8.50. The van der Waals surface area contributed by atoms with E-state index in [1.807, 2.05) is 0 Å². The number of methoxy groups -OCH3 is 1. The molecule has 14 nitrogen and oxygen atoms in total. The van der Waals surface area contributed by atoms with Crippen molar-refractivity contribution >= 4 is 17.5 Å². The Labute approximate surface area is 233 Å². The van der Waals surface area contributed by atoms with Crippen molar-refractivity contribution < 1.29 is 28.9 Å². The summed E-state index contributed by atoms with van der Waals surface area (Å²) in [6.07, 6.45) is 2.24. The number of aromatic nitrogens is 5. The first-order valence-electron chi connectivity index (χ1n) is 12.1. The Bertz CT molecular complexity index is 1540. The monoisotopic (exact) mass is 568 g/mol. The lowest BCUT2D eigenvalue weighted by molar-refractivity contribution is -0.134. The molecule has 0 aliphatic rings. The van der Waals surface area contributed by atoms with E-state index in [1.54, 1.807) is 37.3 Å². The van der Waals surface area contributed by atoms with E-state index >= 15 is 4.39 Å². The topological polar surface area (TPSA) is 214 Å². The molecule has 41 heavy (non-hydrogen) atoms. The number of nitrogens with zero attached hydrogens (tertiary/aromatic N) is 4. The molecule has 7 N–H and O–H groups in total. The molecule has 2 aromatic heterocycles. The number of carboxylic acid groups (broad SMARTS) is 1. The quantitative estimate of drug-likeness (QED) is 0.120. The number of aromatic amines is 1. The molecule has 15 heteroatoms. The highest BCUT2D eigenvalue weighted by molar-refractivity contribution is 5.95. The third-order valence-electron chi connectivity index (χ3n) is 5.33. The van der Waals surface area contributed by atoms with Crippen molar-refractivity contribution in [2.45, 2.75) is 26.0 Å². The lowest BCUT2D eigenvalue weighted by atomic mass is 10.0. The Morgan fingerprint density at radius 3 is 2.44 bits per heavy atom. The van der Waals surface area contributed by atoms with Gasteiger partial charge in [-0.2, -0.15) is 0 Å². The Morgan fingerprint density at radius 2 is 1.88 bits per heavy atom. The Morgan fingerprint density at radius 1 is 1.24 bits per heavy atom. The third kappa shape index (κ3) is 7.86. The number of anilines is 1. The Balaban J connectivity index is 0.00000108. The maximum Gasteiger partial charge on any atom is 0.350 e. The minimum absolute atomic E-state index is 0.0338. The highest BCUT2D eigenvalue weighted by atomic mass is 19.1. The molecule has 0 aliphatic heterocycles. The number of benzene rings is 2. The van der Waals surface area contributed by atoms with Crippen LogP contribution < -0.4 is 26.2 Å². The summed E-state index contributed by atoms with van der Waals surface area (Å²) in [5.74, 6) is -1.46. The van der Waals surface area contributed by atoms with Crippen molar-refractivity contribution in [3.8, 4) is 17.4 Å². The zero-order valence-electron chi connectivity index (χ0n) is 22.3. The van der Waals surface area contributed by atoms with Gasteiger partial charge in [0.15, 0.2) is 17.4 Å². The van der Waals surface area contributed by atoms with Crippen LogP contribution in [0.2, 0.25) is 0 Å². The molecule has 4 rings (SSSR count). The van der Waals surface area contributed by atoms with Gasteiger partial charge in [-0.3, -0.25) is 15.2 Å². The summed E-state index contributed by atoms with van der Waals surface area (Å²) in [4.78, 5) is 32.5. The molecular weight excluding hydrogens is 539 g/mol. The minimum Gasteiger partial charge on any atom is -0.497 e. The molecule has 0 aliphatic carbocycles. The second-order valence-electron chi connectivity index (χ2n) is 8.50. The average molecular weight is 569 g/mol. The van der Waals surface area contributed by atoms with Crippen LogP contribution in [0, 0.1) is 11.2 Å². The third-order valence-corrected chi connectivity index (χ3v) is 5.33. The van der Waals surface area contributed by atoms with Gasteiger partial charge in [0.2, 0.25) is 0 Å². The van der Waals surface area contributed by atoms with Gasteiger partial charge < -0.3 is 30.7 Å². The van der Waals surface area contributed by atoms with Crippen LogP contribution in [0.15, 0.2) is 59.7 Å². The fourth-order valence-corrected chi connectivity index (χ4v) is 3.47. The highest BCUT2D eigenvalue weighted by Gasteiger charge is 2.27. The van der Waals surface area contributed by atoms with Crippen LogP contribution in [0.5, 0.6) is 11.5 Å². The van der Waals surface area contributed by atoms with Crippen molar-refractivity contribution in [1.29, 1.82) is 5.41 Å². The number of rotatable bonds is 10. The smallest absolute Gasteiger partial charge is 0.350 e. The van der Waals surface area contributed by atoms with E-state index in [2.05, 4.69) is 25.4 Å². The number of nitrogens with one attached hydrogen (secondary N) is 3. The molecule has 0 saturated carbocycles. The number of nitrogen functional groups attached to an aromatic ring is 1. The molecular formula is C26H29FN8O6. The van der Waals surface area contributed by atoms with Crippen LogP contribution in [-0.2, 0) is 4.79 Å². The number of halogens is 1. The van der Waals surface area contributed by atoms with Crippen LogP contribution in [0.4, 0.5) is 10.1 Å². The number of hydrogen-bond donors (Lipinski definition) is 6. The SMILES string of the molecule is CC(=O)O.COc1cc(O[C@@H](C)CO)c(F)c(C(Nc2ccc(C(=N)N)cc2)c2nn(-c3ncccn3)c(=O)[nH]2)c1. The number of aliphatic hydroxyl groups is 1. The molecule has 0 amide bonds. The maximum absolute atomic E-state index is 15.8. The molecule has 2 atom stereocenters. The van der Waals surface area contributed by atoms with Gasteiger partial charge >= 0.3 is 5.69 Å². The van der Waals surface area contributed by atoms with Crippen LogP contribution in [0.3, 0.4) is 0 Å². The molecule has 0 spiro atoms. The number of aliphatic carboxylic acids is 1. The van der Waals surface area contributed by atoms with Crippen molar-refractivity contribution in [2.24, 2.45) is 5.73 Å². The molecule has 2 heterocycles. The summed E-state index contributed by atoms with van der Waals surface area (Å²) in [6.45, 7) is 2.34. The molecule has 0 bridgehead atoms. The molecule has 2 aromatic carbocycles. The molecule has 0 saturated heterocycles. The molecule has 216 valence electrons. The van der Waals surface area contributed by atoms with Crippen molar-refractivity contribution in [3.05, 3.63) is 88.1 Å². The number of nitrogens with two attached hydrogens (primary N) is 1. The lowest BCUT2D eigenvalue weighted by Crippen LogP contribution is -2.20. The van der Waals surface area contributed by atoms with E-state index in [1.165, 1.54) is 31.6 Å². The minimum atomic E-state index is -1.04. The number of hydrogen-bond acceptors (Lipinski definition) is 10. The van der Waals surface area contributed by atoms with E-state index in [0.717, 1.165) is 11.6 Å². The van der Waals surface area contributed by atoms with E-state index in [-0.39, 0.29) is 41.3 Å². The van der Waals surface area contributed by atoms with Crippen molar-refractivity contribution in [2.75, 3.05) is 19.0 Å². The fraction of sp³-hybridized carbons (Fsp3) is 0.231. The highest BCUT2D eigenvalue weighted by Crippen LogP contribution is 2.35. The van der Waals surface area contributed by atoms with E-state index in [4.69, 9.17) is 30.5 Å². The molecule has 1 unspecified atom stereocenters. The Kier molecular flexibility index (Phi) is 10.1. The van der Waals surface area contributed by atoms with Crippen molar-refractivity contribution in [3.63, 3.8) is 0 Å². The summed E-state index contributed by atoms with van der Waals surface area (Å²) in [5, 5.41) is 31.9. The maximum atomic E-state index is 15.8. The predicted octanol–water partition coefficient (Wildman–Crippen LogP) is 1.83. The largest absolute Gasteiger partial charge is 0.497 e. The fourth-order valence-electron chi connectivity index (χ4n) is 3.47. The van der Waals surface area contributed by atoms with Crippen molar-refractivity contribution in [1.82, 2.24) is 24.7 Å². The summed E-state index contributed by atoms with van der Waals surface area (Å²) in [5.41, 5.74) is 5.99. The summed E-state index contributed by atoms with van der Waals surface area (Å²) in [6, 6.07) is 9.93. The predicted molar refractivity (Wildman–Crippen MR) is 146 cm³/mol. The van der Waals surface area contributed by atoms with Crippen LogP contribution >= 0.6 is 0 Å². The number of H-pyrrole nitrogens is 1. The van der Waals surface area contributed by atoms with Gasteiger partial charge in [0, 0.05) is 42.2 Å². The zero-order valence-corrected chi connectivity index (χ0v) is 22.3. The number of amidine groups is 1. The standard InChI is InChI=1S/C24H25FN8O4.C2H4O2/c1-13(12-34)37-18-11-16(36-2)10-17(19(18)25)20(30-15-6-4-14(5-7-15)21(26)27)22-31-24(35)33(32-22)23-28-8-3-9-29-23;1-2(3)4/h3-11,13,20,30,34H,12H2,1-2H3,(H3,26,27)(H,31,32,35);1H3,(H,3,4)/t13-,20?;/m0./s1.